The molecule has 1 heterocycles. The van der Waals surface area contributed by atoms with Gasteiger partial charge in [0.2, 0.25) is 0 Å². The second kappa shape index (κ2) is 10.6. The summed E-state index contributed by atoms with van der Waals surface area (Å²) in [6, 6.07) is 0. The van der Waals surface area contributed by atoms with Crippen molar-refractivity contribution in [1.82, 2.24) is 0 Å². The summed E-state index contributed by atoms with van der Waals surface area (Å²) in [4.78, 5) is 0. The van der Waals surface area contributed by atoms with E-state index < -0.39 is 55.7 Å². The molecule has 1 aliphatic heterocycles. The average Bonchev–Trinajstić information content (AvgIpc) is 2.61. The molecule has 0 saturated carbocycles. The summed E-state index contributed by atoms with van der Waals surface area (Å²) in [6.45, 7) is 33.5. The maximum absolute atomic E-state index is 11.6. The molecule has 0 unspecified atom stereocenters. The van der Waals surface area contributed by atoms with Gasteiger partial charge < -0.3 is 27.9 Å². The smallest absolute Gasteiger partial charge is 0.192 e. The molecule has 0 radical (unpaired) electrons. The molecule has 0 bridgehead atoms. The fourth-order valence-electron chi connectivity index (χ4n) is 3.02. The van der Waals surface area contributed by atoms with Crippen LogP contribution in [0.3, 0.4) is 0 Å². The molecular formula is C25H56O6Si3. The van der Waals surface area contributed by atoms with Gasteiger partial charge in [0.05, 0.1) is 6.61 Å². The SMILES string of the molecule is CO[C@H]1O[C@H](CO[Si](C)(C)C(C)(C)C)[C@@H](O)[C@H](O[Si](C)(C)C(C)(C)C)[C@H]1O[Si](C)(C)C(C)(C)C. The molecule has 0 aromatic rings. The molecule has 0 amide bonds. The van der Waals surface area contributed by atoms with Gasteiger partial charge in [-0.25, -0.2) is 0 Å². The Morgan fingerprint density at radius 1 is 0.676 bits per heavy atom. The highest BCUT2D eigenvalue weighted by molar-refractivity contribution is 6.75. The van der Waals surface area contributed by atoms with Crippen LogP contribution >= 0.6 is 0 Å². The van der Waals surface area contributed by atoms with Gasteiger partial charge in [-0.1, -0.05) is 62.3 Å². The first-order chi connectivity index (χ1) is 14.9. The van der Waals surface area contributed by atoms with Crippen LogP contribution in [-0.4, -0.2) is 74.5 Å². The minimum atomic E-state index is -2.23. The van der Waals surface area contributed by atoms with Gasteiger partial charge in [-0.3, -0.25) is 0 Å². The van der Waals surface area contributed by atoms with E-state index in [1.807, 2.05) is 0 Å². The van der Waals surface area contributed by atoms with E-state index in [-0.39, 0.29) is 15.1 Å². The van der Waals surface area contributed by atoms with E-state index in [2.05, 4.69) is 102 Å². The van der Waals surface area contributed by atoms with Crippen LogP contribution in [0.15, 0.2) is 0 Å². The lowest BCUT2D eigenvalue weighted by Gasteiger charge is -2.51. The second-order valence-corrected chi connectivity index (χ2v) is 28.8. The molecule has 204 valence electrons. The maximum atomic E-state index is 11.6. The monoisotopic (exact) mass is 536 g/mol. The molecule has 0 spiro atoms. The van der Waals surface area contributed by atoms with Crippen molar-refractivity contribution in [3.05, 3.63) is 0 Å². The van der Waals surface area contributed by atoms with E-state index in [1.54, 1.807) is 7.11 Å². The Morgan fingerprint density at radius 3 is 1.41 bits per heavy atom. The quantitative estimate of drug-likeness (QED) is 0.356. The van der Waals surface area contributed by atoms with Crippen LogP contribution in [0.25, 0.3) is 0 Å². The zero-order chi connectivity index (χ0) is 27.1. The van der Waals surface area contributed by atoms with Gasteiger partial charge in [0, 0.05) is 7.11 Å². The second-order valence-electron chi connectivity index (χ2n) is 14.5. The van der Waals surface area contributed by atoms with Gasteiger partial charge in [-0.05, 0) is 54.4 Å². The van der Waals surface area contributed by atoms with Crippen LogP contribution in [0.2, 0.25) is 54.4 Å². The lowest BCUT2D eigenvalue weighted by molar-refractivity contribution is -0.287. The number of aliphatic hydroxyl groups excluding tert-OH is 1. The van der Waals surface area contributed by atoms with Crippen molar-refractivity contribution >= 4 is 25.0 Å². The summed E-state index contributed by atoms with van der Waals surface area (Å²) in [7, 11) is -4.80. The van der Waals surface area contributed by atoms with Crippen LogP contribution < -0.4 is 0 Å². The zero-order valence-electron chi connectivity index (χ0n) is 25.1. The number of aliphatic hydroxyl groups is 1. The minimum Gasteiger partial charge on any atom is -0.414 e. The Morgan fingerprint density at radius 2 is 1.06 bits per heavy atom. The van der Waals surface area contributed by atoms with Crippen LogP contribution in [0.5, 0.6) is 0 Å². The summed E-state index contributed by atoms with van der Waals surface area (Å²) in [5.74, 6) is 0. The van der Waals surface area contributed by atoms with Crippen molar-refractivity contribution in [1.29, 1.82) is 0 Å². The van der Waals surface area contributed by atoms with E-state index in [0.717, 1.165) is 0 Å². The molecule has 0 aromatic carbocycles. The molecule has 34 heavy (non-hydrogen) atoms. The van der Waals surface area contributed by atoms with Crippen molar-refractivity contribution < 1.29 is 27.9 Å². The van der Waals surface area contributed by atoms with E-state index in [9.17, 15) is 5.11 Å². The largest absolute Gasteiger partial charge is 0.414 e. The minimum absolute atomic E-state index is 0.0000593. The molecule has 0 aliphatic carbocycles. The molecule has 9 heteroatoms. The van der Waals surface area contributed by atoms with Crippen molar-refractivity contribution in [3.8, 4) is 0 Å². The highest BCUT2D eigenvalue weighted by Gasteiger charge is 2.54. The lowest BCUT2D eigenvalue weighted by atomic mass is 9.99. The van der Waals surface area contributed by atoms with Crippen LogP contribution in [0.1, 0.15) is 62.3 Å². The average molecular weight is 537 g/mol. The Balaban J connectivity index is 3.36. The molecular weight excluding hydrogens is 481 g/mol. The Hall–Kier alpha value is 0.411. The molecule has 1 saturated heterocycles. The topological polar surface area (TPSA) is 66.4 Å². The summed E-state index contributed by atoms with van der Waals surface area (Å²) >= 11 is 0. The Labute approximate surface area is 213 Å². The number of hydrogen-bond acceptors (Lipinski definition) is 6. The third-order valence-electron chi connectivity index (χ3n) is 8.74. The van der Waals surface area contributed by atoms with Gasteiger partial charge in [-0.2, -0.15) is 0 Å². The van der Waals surface area contributed by atoms with Gasteiger partial charge in [-0.15, -0.1) is 0 Å². The molecule has 1 fully saturated rings. The highest BCUT2D eigenvalue weighted by Crippen LogP contribution is 2.43. The fourth-order valence-corrected chi connectivity index (χ4v) is 6.62. The molecule has 0 aromatic heterocycles. The predicted octanol–water partition coefficient (Wildman–Crippen LogP) is 6.52. The van der Waals surface area contributed by atoms with E-state index >= 15 is 0 Å². The van der Waals surface area contributed by atoms with Crippen molar-refractivity contribution in [2.75, 3.05) is 13.7 Å². The van der Waals surface area contributed by atoms with E-state index in [4.69, 9.17) is 22.8 Å². The summed E-state index contributed by atoms with van der Waals surface area (Å²) < 4.78 is 32.3. The molecule has 1 aliphatic rings. The highest BCUT2D eigenvalue weighted by atomic mass is 28.4. The first-order valence-corrected chi connectivity index (χ1v) is 21.5. The third kappa shape index (κ3) is 7.47. The molecule has 1 N–H and O–H groups in total. The maximum Gasteiger partial charge on any atom is 0.192 e. The predicted molar refractivity (Wildman–Crippen MR) is 149 cm³/mol. The van der Waals surface area contributed by atoms with Crippen molar-refractivity contribution in [2.45, 2.75) is 147 Å². The fraction of sp³-hybridized carbons (Fsp3) is 1.00. The first-order valence-electron chi connectivity index (χ1n) is 12.7. The number of rotatable bonds is 8. The summed E-state index contributed by atoms with van der Waals surface area (Å²) in [6.07, 6.45) is -3.13. The normalized spacial score (nSPS) is 28.3. The van der Waals surface area contributed by atoms with Crippen LogP contribution in [-0.2, 0) is 22.8 Å². The standard InChI is InChI=1S/C25H56O6Si3/c1-23(2,3)32(11,12)28-17-18-19(26)20(30-33(13,14)24(4,5)6)21(22(27-10)29-18)31-34(15,16)25(7,8)9/h18-22,26H,17H2,1-16H3/t18-,19-,20+,21-,22+/m1/s1. The van der Waals surface area contributed by atoms with Crippen LogP contribution in [0.4, 0.5) is 0 Å². The van der Waals surface area contributed by atoms with Crippen LogP contribution in [0, 0.1) is 0 Å². The third-order valence-corrected chi connectivity index (χ3v) is 22.2. The van der Waals surface area contributed by atoms with Crippen molar-refractivity contribution in [3.63, 3.8) is 0 Å². The number of ether oxygens (including phenoxy) is 2. The Kier molecular flexibility index (Phi) is 10.2. The summed E-state index contributed by atoms with van der Waals surface area (Å²) in [5.41, 5.74) is 0. The zero-order valence-corrected chi connectivity index (χ0v) is 28.1. The number of methoxy groups -OCH3 is 1. The van der Waals surface area contributed by atoms with Gasteiger partial charge in [0.25, 0.3) is 0 Å². The van der Waals surface area contributed by atoms with Gasteiger partial charge in [0.1, 0.15) is 24.4 Å². The number of hydrogen-bond donors (Lipinski definition) is 1. The van der Waals surface area contributed by atoms with Crippen molar-refractivity contribution in [2.24, 2.45) is 0 Å². The van der Waals surface area contributed by atoms with E-state index in [1.165, 1.54) is 0 Å². The molecule has 6 nitrogen and oxygen atoms in total. The van der Waals surface area contributed by atoms with Gasteiger partial charge in [0.15, 0.2) is 31.2 Å². The van der Waals surface area contributed by atoms with E-state index in [0.29, 0.717) is 6.61 Å². The summed E-state index contributed by atoms with van der Waals surface area (Å²) in [5, 5.41) is 11.7. The molecule has 5 atom stereocenters. The Bertz CT molecular complexity index is 661. The first kappa shape index (κ1) is 32.4. The lowest BCUT2D eigenvalue weighted by Crippen LogP contribution is -2.66. The van der Waals surface area contributed by atoms with Gasteiger partial charge >= 0.3 is 0 Å². The molecule has 1 rings (SSSR count).